The summed E-state index contributed by atoms with van der Waals surface area (Å²) in [5.41, 5.74) is 11.8. The third-order valence-corrected chi connectivity index (χ3v) is 11.3. The highest BCUT2D eigenvalue weighted by Crippen LogP contribution is 2.46. The van der Waals surface area contributed by atoms with E-state index in [1.54, 1.807) is 0 Å². The zero-order chi connectivity index (χ0) is 34.4. The third-order valence-electron chi connectivity index (χ3n) is 11.3. The van der Waals surface area contributed by atoms with Gasteiger partial charge in [-0.25, -0.2) is 0 Å². The van der Waals surface area contributed by atoms with Crippen LogP contribution in [0.15, 0.2) is 171 Å². The summed E-state index contributed by atoms with van der Waals surface area (Å²) in [5.74, 6) is 0. The Hall–Kier alpha value is -7.24. The van der Waals surface area contributed by atoms with Gasteiger partial charge in [0.25, 0.3) is 0 Å². The molecule has 246 valence electrons. The fraction of sp³-hybridized carbons (Fsp3) is 0. The number of fused-ring (bicyclic) bond motifs is 17. The van der Waals surface area contributed by atoms with Gasteiger partial charge in [0, 0.05) is 48.8 Å². The van der Waals surface area contributed by atoms with E-state index in [1.807, 2.05) is 24.3 Å². The number of aromatic nitrogens is 2. The highest BCUT2D eigenvalue weighted by atomic mass is 16.3. The van der Waals surface area contributed by atoms with Crippen molar-refractivity contribution in [3.05, 3.63) is 158 Å². The number of rotatable bonds is 2. The number of hydrogen-bond acceptors (Lipinski definition) is 3. The van der Waals surface area contributed by atoms with Gasteiger partial charge < -0.3 is 22.4 Å². The average Bonchev–Trinajstić information content (AvgIpc) is 4.01. The van der Waals surface area contributed by atoms with Gasteiger partial charge in [-0.15, -0.1) is 0 Å². The molecular formula is C48H26N2O3. The molecule has 5 aromatic heterocycles. The molecule has 53 heavy (non-hydrogen) atoms. The van der Waals surface area contributed by atoms with E-state index < -0.39 is 0 Å². The number of benzene rings is 8. The molecule has 5 nitrogen and oxygen atoms in total. The van der Waals surface area contributed by atoms with Gasteiger partial charge in [0.05, 0.1) is 38.5 Å². The zero-order valence-electron chi connectivity index (χ0n) is 28.1. The lowest BCUT2D eigenvalue weighted by molar-refractivity contribution is 0.666. The summed E-state index contributed by atoms with van der Waals surface area (Å²) in [5, 5.41) is 11.1. The van der Waals surface area contributed by atoms with Gasteiger partial charge in [-0.05, 0) is 72.8 Å². The smallest absolute Gasteiger partial charge is 0.159 e. The monoisotopic (exact) mass is 678 g/mol. The lowest BCUT2D eigenvalue weighted by atomic mass is 10.1. The normalized spacial score (nSPS) is 12.5. The van der Waals surface area contributed by atoms with Crippen LogP contribution in [0.25, 0.3) is 121 Å². The Balaban J connectivity index is 1.12. The Bertz CT molecular complexity index is 3700. The Labute approximate surface area is 300 Å². The number of para-hydroxylation sites is 5. The first-order valence-corrected chi connectivity index (χ1v) is 17.9. The highest BCUT2D eigenvalue weighted by Gasteiger charge is 2.24. The second-order valence-electron chi connectivity index (χ2n) is 14.0. The lowest BCUT2D eigenvalue weighted by Gasteiger charge is -2.08. The summed E-state index contributed by atoms with van der Waals surface area (Å²) in [4.78, 5) is 0. The first-order valence-electron chi connectivity index (χ1n) is 17.9. The van der Waals surface area contributed by atoms with Crippen molar-refractivity contribution in [3.8, 4) is 11.4 Å². The van der Waals surface area contributed by atoms with Crippen molar-refractivity contribution in [3.63, 3.8) is 0 Å². The van der Waals surface area contributed by atoms with E-state index in [2.05, 4.69) is 143 Å². The molecule has 0 bridgehead atoms. The van der Waals surface area contributed by atoms with E-state index in [0.29, 0.717) is 0 Å². The molecule has 0 aliphatic heterocycles. The molecular weight excluding hydrogens is 653 g/mol. The molecule has 5 heterocycles. The van der Waals surface area contributed by atoms with Crippen molar-refractivity contribution in [2.24, 2.45) is 0 Å². The Morgan fingerprint density at radius 3 is 1.55 bits per heavy atom. The van der Waals surface area contributed by atoms with Crippen LogP contribution in [0.1, 0.15) is 0 Å². The molecule has 0 spiro atoms. The molecule has 0 N–H and O–H groups in total. The van der Waals surface area contributed by atoms with Gasteiger partial charge in [0.15, 0.2) is 5.58 Å². The van der Waals surface area contributed by atoms with Gasteiger partial charge in [-0.3, -0.25) is 0 Å². The van der Waals surface area contributed by atoms with E-state index in [-0.39, 0.29) is 0 Å². The predicted molar refractivity (Wildman–Crippen MR) is 217 cm³/mol. The summed E-state index contributed by atoms with van der Waals surface area (Å²) in [6.07, 6.45) is 0. The predicted octanol–water partition coefficient (Wildman–Crippen LogP) is 13.6. The van der Waals surface area contributed by atoms with Crippen LogP contribution >= 0.6 is 0 Å². The standard InChI is InChI=1S/C48H26N2O3/c1-5-15-36-33(12-1)44-38(49(36)27-20-25-43-35(26-27)29-11-4-7-18-41(29)51-43)23-21-31-32-22-24-39-45(48(32)53-47(31)44)34-13-2-6-16-37(34)50(39)40-17-9-14-30-28-10-3-8-19-42(28)52-46(30)40/h1-26H. The molecule has 0 fully saturated rings. The topological polar surface area (TPSA) is 49.3 Å². The Morgan fingerprint density at radius 1 is 0.302 bits per heavy atom. The van der Waals surface area contributed by atoms with Gasteiger partial charge in [-0.2, -0.15) is 0 Å². The minimum atomic E-state index is 0.872. The van der Waals surface area contributed by atoms with Crippen LogP contribution in [0.5, 0.6) is 0 Å². The molecule has 13 aromatic rings. The third kappa shape index (κ3) is 3.46. The second-order valence-corrected chi connectivity index (χ2v) is 14.0. The second kappa shape index (κ2) is 9.75. The van der Waals surface area contributed by atoms with Crippen LogP contribution < -0.4 is 0 Å². The van der Waals surface area contributed by atoms with Crippen LogP contribution in [0.4, 0.5) is 0 Å². The van der Waals surface area contributed by atoms with Gasteiger partial charge >= 0.3 is 0 Å². The molecule has 8 aromatic carbocycles. The highest BCUT2D eigenvalue weighted by molar-refractivity contribution is 6.29. The summed E-state index contributed by atoms with van der Waals surface area (Å²) in [6.45, 7) is 0. The fourth-order valence-electron chi connectivity index (χ4n) is 9.09. The van der Waals surface area contributed by atoms with Gasteiger partial charge in [0.1, 0.15) is 27.9 Å². The molecule has 0 saturated carbocycles. The molecule has 0 atom stereocenters. The molecule has 0 aliphatic carbocycles. The van der Waals surface area contributed by atoms with Gasteiger partial charge in [-0.1, -0.05) is 84.9 Å². The maximum atomic E-state index is 7.18. The zero-order valence-corrected chi connectivity index (χ0v) is 28.1. The maximum absolute atomic E-state index is 7.18. The molecule has 0 amide bonds. The van der Waals surface area contributed by atoms with E-state index >= 15 is 0 Å². The molecule has 13 rings (SSSR count). The van der Waals surface area contributed by atoms with Crippen LogP contribution in [0, 0.1) is 0 Å². The largest absolute Gasteiger partial charge is 0.456 e. The minimum Gasteiger partial charge on any atom is -0.456 e. The Kier molecular flexibility index (Phi) is 5.06. The summed E-state index contributed by atoms with van der Waals surface area (Å²) in [7, 11) is 0. The van der Waals surface area contributed by atoms with Crippen LogP contribution in [-0.2, 0) is 0 Å². The summed E-state index contributed by atoms with van der Waals surface area (Å²) >= 11 is 0. The van der Waals surface area contributed by atoms with Crippen LogP contribution in [0.3, 0.4) is 0 Å². The van der Waals surface area contributed by atoms with Crippen molar-refractivity contribution in [2.45, 2.75) is 0 Å². The number of hydrogen-bond donors (Lipinski definition) is 0. The van der Waals surface area contributed by atoms with E-state index in [9.17, 15) is 0 Å². The fourth-order valence-corrected chi connectivity index (χ4v) is 9.09. The van der Waals surface area contributed by atoms with Crippen molar-refractivity contribution in [2.75, 3.05) is 0 Å². The molecule has 0 unspecified atom stereocenters. The van der Waals surface area contributed by atoms with E-state index in [1.165, 1.54) is 0 Å². The summed E-state index contributed by atoms with van der Waals surface area (Å²) in [6, 6.07) is 55.6. The number of furan rings is 3. The average molecular weight is 679 g/mol. The van der Waals surface area contributed by atoms with Crippen LogP contribution in [-0.4, -0.2) is 9.13 Å². The van der Waals surface area contributed by atoms with Crippen LogP contribution in [0.2, 0.25) is 0 Å². The quantitative estimate of drug-likeness (QED) is 0.183. The lowest BCUT2D eigenvalue weighted by Crippen LogP contribution is -1.94. The first kappa shape index (κ1) is 27.5. The van der Waals surface area contributed by atoms with E-state index in [0.717, 1.165) is 121 Å². The molecule has 5 heteroatoms. The molecule has 0 radical (unpaired) electrons. The maximum Gasteiger partial charge on any atom is 0.159 e. The first-order chi connectivity index (χ1) is 26.3. The minimum absolute atomic E-state index is 0.872. The molecule has 0 aliphatic rings. The van der Waals surface area contributed by atoms with Crippen molar-refractivity contribution < 1.29 is 13.3 Å². The SMILES string of the molecule is c1ccc2c(c1)oc1ccc(-n3c4ccccc4c4c5oc6c(ccc7c6c6ccccc6n7-c6cccc7c6oc6ccccc67)c5ccc43)cc12. The molecule has 0 saturated heterocycles. The van der Waals surface area contributed by atoms with Crippen molar-refractivity contribution in [1.29, 1.82) is 0 Å². The van der Waals surface area contributed by atoms with Gasteiger partial charge in [0.2, 0.25) is 0 Å². The summed E-state index contributed by atoms with van der Waals surface area (Å²) < 4.78 is 24.6. The van der Waals surface area contributed by atoms with Crippen molar-refractivity contribution in [1.82, 2.24) is 9.13 Å². The van der Waals surface area contributed by atoms with Crippen molar-refractivity contribution >= 4 is 109 Å². The Morgan fingerprint density at radius 2 is 0.830 bits per heavy atom. The van der Waals surface area contributed by atoms with E-state index in [4.69, 9.17) is 13.3 Å². The number of nitrogens with zero attached hydrogens (tertiary/aromatic N) is 2.